The molecule has 0 saturated heterocycles. The van der Waals surface area contributed by atoms with Crippen molar-refractivity contribution in [1.82, 2.24) is 9.97 Å². The smallest absolute Gasteiger partial charge is 0.128 e. The van der Waals surface area contributed by atoms with E-state index >= 15 is 0 Å². The molecule has 3 heteroatoms. The van der Waals surface area contributed by atoms with Crippen molar-refractivity contribution in [1.29, 1.82) is 0 Å². The van der Waals surface area contributed by atoms with Gasteiger partial charge in [0, 0.05) is 18.8 Å². The molecular weight excluding hydrogens is 248 g/mol. The van der Waals surface area contributed by atoms with E-state index < -0.39 is 0 Å². The lowest BCUT2D eigenvalue weighted by Crippen LogP contribution is -1.99. The van der Waals surface area contributed by atoms with Crippen molar-refractivity contribution >= 4 is 0 Å². The first-order chi connectivity index (χ1) is 9.78. The highest BCUT2D eigenvalue weighted by molar-refractivity contribution is 5.26. The van der Waals surface area contributed by atoms with Gasteiger partial charge in [0.1, 0.15) is 11.6 Å². The molecule has 1 heterocycles. The number of hydrogen-bond donors (Lipinski definition) is 1. The highest BCUT2D eigenvalue weighted by Gasteiger charge is 2.00. The molecule has 1 N–H and O–H groups in total. The van der Waals surface area contributed by atoms with Crippen molar-refractivity contribution in [2.75, 3.05) is 0 Å². The normalized spacial score (nSPS) is 10.7. The van der Waals surface area contributed by atoms with Crippen LogP contribution in [0.25, 0.3) is 0 Å². The molecule has 20 heavy (non-hydrogen) atoms. The maximum atomic E-state index is 9.24. The van der Waals surface area contributed by atoms with Crippen LogP contribution in [-0.2, 0) is 19.3 Å². The monoisotopic (exact) mass is 270 g/mol. The predicted molar refractivity (Wildman–Crippen MR) is 80.8 cm³/mol. The second-order valence-corrected chi connectivity index (χ2v) is 5.13. The summed E-state index contributed by atoms with van der Waals surface area (Å²) in [6.07, 6.45) is 10.4. The van der Waals surface area contributed by atoms with Gasteiger partial charge in [-0.1, -0.05) is 31.9 Å². The van der Waals surface area contributed by atoms with Gasteiger partial charge < -0.3 is 5.11 Å². The Morgan fingerprint density at radius 1 is 0.850 bits per heavy atom. The number of aromatic nitrogens is 2. The fourth-order valence-corrected chi connectivity index (χ4v) is 2.14. The fourth-order valence-electron chi connectivity index (χ4n) is 2.14. The Hall–Kier alpha value is -1.90. The number of aryl methyl sites for hydroxylation is 3. The molecule has 0 unspecified atom stereocenters. The lowest BCUT2D eigenvalue weighted by atomic mass is 10.1. The minimum absolute atomic E-state index is 0.307. The minimum atomic E-state index is 0.307. The Balaban J connectivity index is 1.82. The van der Waals surface area contributed by atoms with E-state index in [0.29, 0.717) is 5.75 Å². The summed E-state index contributed by atoms with van der Waals surface area (Å²) in [5.41, 5.74) is 2.42. The summed E-state index contributed by atoms with van der Waals surface area (Å²) in [5, 5.41) is 9.24. The number of rotatable bonds is 7. The van der Waals surface area contributed by atoms with Gasteiger partial charge in [-0.3, -0.25) is 0 Å². The van der Waals surface area contributed by atoms with Gasteiger partial charge in [0.05, 0.1) is 0 Å². The van der Waals surface area contributed by atoms with Crippen molar-refractivity contribution < 1.29 is 5.11 Å². The van der Waals surface area contributed by atoms with Crippen LogP contribution < -0.4 is 0 Å². The maximum Gasteiger partial charge on any atom is 0.128 e. The van der Waals surface area contributed by atoms with Gasteiger partial charge in [0.25, 0.3) is 0 Å². The molecule has 1 aromatic carbocycles. The Kier molecular flexibility index (Phi) is 5.54. The third-order valence-corrected chi connectivity index (χ3v) is 3.40. The van der Waals surface area contributed by atoms with Crippen LogP contribution in [0.3, 0.4) is 0 Å². The van der Waals surface area contributed by atoms with E-state index in [-0.39, 0.29) is 0 Å². The molecule has 0 amide bonds. The number of hydrogen-bond acceptors (Lipinski definition) is 3. The standard InChI is InChI=1S/C17H22N2O/c1-2-3-4-5-15-12-18-17(19-13-15)11-8-14-6-9-16(20)10-7-14/h6-7,9-10,12-13,20H,2-5,8,11H2,1H3. The number of phenolic OH excluding ortho intramolecular Hbond substituents is 1. The van der Waals surface area contributed by atoms with Gasteiger partial charge in [0.2, 0.25) is 0 Å². The van der Waals surface area contributed by atoms with E-state index in [9.17, 15) is 5.11 Å². The van der Waals surface area contributed by atoms with Crippen LogP contribution >= 0.6 is 0 Å². The Labute approximate surface area is 120 Å². The third kappa shape index (κ3) is 4.65. The third-order valence-electron chi connectivity index (χ3n) is 3.40. The van der Waals surface area contributed by atoms with E-state index in [0.717, 1.165) is 25.1 Å². The molecule has 0 aliphatic carbocycles. The van der Waals surface area contributed by atoms with E-state index in [1.54, 1.807) is 12.1 Å². The second-order valence-electron chi connectivity index (χ2n) is 5.13. The van der Waals surface area contributed by atoms with Crippen molar-refractivity contribution in [3.8, 4) is 5.75 Å². The summed E-state index contributed by atoms with van der Waals surface area (Å²) in [5.74, 6) is 1.19. The largest absolute Gasteiger partial charge is 0.508 e. The van der Waals surface area contributed by atoms with E-state index in [4.69, 9.17) is 0 Å². The molecule has 2 aromatic rings. The van der Waals surface area contributed by atoms with Crippen molar-refractivity contribution in [2.24, 2.45) is 0 Å². The summed E-state index contributed by atoms with van der Waals surface area (Å²) in [4.78, 5) is 8.86. The maximum absolute atomic E-state index is 9.24. The first-order valence-corrected chi connectivity index (χ1v) is 7.35. The van der Waals surface area contributed by atoms with Crippen LogP contribution in [-0.4, -0.2) is 15.1 Å². The summed E-state index contributed by atoms with van der Waals surface area (Å²) >= 11 is 0. The predicted octanol–water partition coefficient (Wildman–Crippen LogP) is 3.70. The SMILES string of the molecule is CCCCCc1cnc(CCc2ccc(O)cc2)nc1. The van der Waals surface area contributed by atoms with Crippen molar-refractivity contribution in [2.45, 2.75) is 45.4 Å². The van der Waals surface area contributed by atoms with E-state index in [1.807, 2.05) is 24.5 Å². The number of aromatic hydroxyl groups is 1. The Morgan fingerprint density at radius 2 is 1.55 bits per heavy atom. The number of unbranched alkanes of at least 4 members (excludes halogenated alkanes) is 2. The quantitative estimate of drug-likeness (QED) is 0.780. The zero-order chi connectivity index (χ0) is 14.2. The van der Waals surface area contributed by atoms with Crippen LogP contribution in [0.4, 0.5) is 0 Å². The first-order valence-electron chi connectivity index (χ1n) is 7.35. The highest BCUT2D eigenvalue weighted by atomic mass is 16.3. The van der Waals surface area contributed by atoms with Crippen LogP contribution in [0.5, 0.6) is 5.75 Å². The molecule has 0 fully saturated rings. The average molecular weight is 270 g/mol. The van der Waals surface area contributed by atoms with E-state index in [2.05, 4.69) is 16.9 Å². The molecule has 106 valence electrons. The molecule has 0 aliphatic heterocycles. The summed E-state index contributed by atoms with van der Waals surface area (Å²) < 4.78 is 0. The average Bonchev–Trinajstić information content (AvgIpc) is 2.48. The molecule has 3 nitrogen and oxygen atoms in total. The number of nitrogens with zero attached hydrogens (tertiary/aromatic N) is 2. The van der Waals surface area contributed by atoms with Gasteiger partial charge in [-0.05, 0) is 42.5 Å². The highest BCUT2D eigenvalue weighted by Crippen LogP contribution is 2.11. The van der Waals surface area contributed by atoms with Crippen LogP contribution in [0.1, 0.15) is 43.1 Å². The Morgan fingerprint density at radius 3 is 2.20 bits per heavy atom. The molecule has 0 bridgehead atoms. The molecular formula is C17H22N2O. The van der Waals surface area contributed by atoms with Gasteiger partial charge in [-0.15, -0.1) is 0 Å². The van der Waals surface area contributed by atoms with Crippen molar-refractivity contribution in [3.63, 3.8) is 0 Å². The van der Waals surface area contributed by atoms with Crippen LogP contribution in [0.15, 0.2) is 36.7 Å². The van der Waals surface area contributed by atoms with Crippen LogP contribution in [0.2, 0.25) is 0 Å². The summed E-state index contributed by atoms with van der Waals surface area (Å²) in [6.45, 7) is 2.21. The molecule has 2 rings (SSSR count). The van der Waals surface area contributed by atoms with Crippen LogP contribution in [0, 0.1) is 0 Å². The zero-order valence-electron chi connectivity index (χ0n) is 12.0. The zero-order valence-corrected chi connectivity index (χ0v) is 12.0. The van der Waals surface area contributed by atoms with E-state index in [1.165, 1.54) is 30.4 Å². The molecule has 0 spiro atoms. The molecule has 0 saturated carbocycles. The molecule has 0 atom stereocenters. The lowest BCUT2D eigenvalue weighted by Gasteiger charge is -2.03. The van der Waals surface area contributed by atoms with Crippen molar-refractivity contribution in [3.05, 3.63) is 53.6 Å². The van der Waals surface area contributed by atoms with Gasteiger partial charge in [-0.2, -0.15) is 0 Å². The fraction of sp³-hybridized carbons (Fsp3) is 0.412. The van der Waals surface area contributed by atoms with Gasteiger partial charge in [0.15, 0.2) is 0 Å². The number of benzene rings is 1. The minimum Gasteiger partial charge on any atom is -0.508 e. The first kappa shape index (κ1) is 14.5. The topological polar surface area (TPSA) is 46.0 Å². The molecule has 1 aromatic heterocycles. The summed E-state index contributed by atoms with van der Waals surface area (Å²) in [6, 6.07) is 7.31. The second kappa shape index (κ2) is 7.63. The number of phenols is 1. The van der Waals surface area contributed by atoms with Gasteiger partial charge in [-0.25, -0.2) is 9.97 Å². The van der Waals surface area contributed by atoms with Gasteiger partial charge >= 0.3 is 0 Å². The Bertz CT molecular complexity index is 506. The molecule has 0 radical (unpaired) electrons. The molecule has 0 aliphatic rings. The lowest BCUT2D eigenvalue weighted by molar-refractivity contribution is 0.475. The summed E-state index contributed by atoms with van der Waals surface area (Å²) in [7, 11) is 0.